The van der Waals surface area contributed by atoms with E-state index in [2.05, 4.69) is 5.32 Å². The average Bonchev–Trinajstić information content (AvgIpc) is 2.50. The first-order valence-corrected chi connectivity index (χ1v) is 8.09. The van der Waals surface area contributed by atoms with Crippen LogP contribution in [0, 0.1) is 29.4 Å². The molecule has 2 saturated carbocycles. The lowest BCUT2D eigenvalue weighted by Crippen LogP contribution is -2.48. The SMILES string of the molecule is COc1cc(F)c(NC(=O)C2CC3CCCC(C2)C3N)cc1F.Cl. The van der Waals surface area contributed by atoms with Gasteiger partial charge in [0.05, 0.1) is 12.8 Å². The number of amides is 1. The number of fused-ring (bicyclic) bond motifs is 2. The maximum atomic E-state index is 14.0. The molecule has 2 atom stereocenters. The Hall–Kier alpha value is -1.40. The summed E-state index contributed by atoms with van der Waals surface area (Å²) in [4.78, 5) is 12.5. The van der Waals surface area contributed by atoms with Crippen molar-refractivity contribution in [2.24, 2.45) is 23.5 Å². The van der Waals surface area contributed by atoms with Crippen LogP contribution >= 0.6 is 12.4 Å². The van der Waals surface area contributed by atoms with Crippen LogP contribution in [0.2, 0.25) is 0 Å². The van der Waals surface area contributed by atoms with Crippen LogP contribution < -0.4 is 15.8 Å². The molecule has 2 bridgehead atoms. The number of methoxy groups -OCH3 is 1. The molecule has 0 spiro atoms. The Bertz CT molecular complexity index is 600. The highest BCUT2D eigenvalue weighted by molar-refractivity contribution is 5.92. The van der Waals surface area contributed by atoms with Gasteiger partial charge in [0, 0.05) is 24.1 Å². The summed E-state index contributed by atoms with van der Waals surface area (Å²) in [6.07, 6.45) is 4.71. The molecule has 0 heterocycles. The molecule has 3 rings (SSSR count). The number of carbonyl (C=O) groups excluding carboxylic acids is 1. The van der Waals surface area contributed by atoms with Gasteiger partial charge in [0.1, 0.15) is 0 Å². The monoisotopic (exact) mass is 360 g/mol. The molecule has 3 N–H and O–H groups in total. The van der Waals surface area contributed by atoms with Crippen LogP contribution in [0.5, 0.6) is 5.75 Å². The molecular formula is C17H23ClF2N2O2. The van der Waals surface area contributed by atoms with Gasteiger partial charge in [-0.15, -0.1) is 12.4 Å². The number of anilines is 1. The number of benzene rings is 1. The quantitative estimate of drug-likeness (QED) is 0.867. The number of hydrogen-bond donors (Lipinski definition) is 2. The fourth-order valence-electron chi connectivity index (χ4n) is 4.02. The van der Waals surface area contributed by atoms with Gasteiger partial charge in [0.25, 0.3) is 0 Å². The summed E-state index contributed by atoms with van der Waals surface area (Å²) in [5.74, 6) is -1.31. The van der Waals surface area contributed by atoms with Crippen molar-refractivity contribution in [2.45, 2.75) is 38.1 Å². The minimum absolute atomic E-state index is 0. The van der Waals surface area contributed by atoms with E-state index in [-0.39, 0.29) is 41.7 Å². The van der Waals surface area contributed by atoms with E-state index in [1.807, 2.05) is 0 Å². The number of nitrogens with one attached hydrogen (secondary N) is 1. The third-order valence-electron chi connectivity index (χ3n) is 5.28. The molecule has 7 heteroatoms. The molecule has 0 radical (unpaired) electrons. The van der Waals surface area contributed by atoms with Crippen LogP contribution in [0.4, 0.5) is 14.5 Å². The highest BCUT2D eigenvalue weighted by Gasteiger charge is 2.40. The number of rotatable bonds is 3. The van der Waals surface area contributed by atoms with Crippen molar-refractivity contribution in [2.75, 3.05) is 12.4 Å². The molecular weight excluding hydrogens is 338 g/mol. The van der Waals surface area contributed by atoms with Gasteiger partial charge in [0.15, 0.2) is 17.4 Å². The number of ether oxygens (including phenoxy) is 1. The number of nitrogens with two attached hydrogens (primary N) is 1. The molecule has 4 nitrogen and oxygen atoms in total. The second-order valence-corrected chi connectivity index (χ2v) is 6.65. The van der Waals surface area contributed by atoms with E-state index in [1.54, 1.807) is 0 Å². The summed E-state index contributed by atoms with van der Waals surface area (Å²) in [6, 6.07) is 2.07. The third-order valence-corrected chi connectivity index (χ3v) is 5.28. The molecule has 24 heavy (non-hydrogen) atoms. The van der Waals surface area contributed by atoms with Crippen molar-refractivity contribution in [3.05, 3.63) is 23.8 Å². The normalized spacial score (nSPS) is 28.7. The predicted molar refractivity (Wildman–Crippen MR) is 90.3 cm³/mol. The molecule has 1 aromatic carbocycles. The average molecular weight is 361 g/mol. The van der Waals surface area contributed by atoms with Gasteiger partial charge in [-0.3, -0.25) is 4.79 Å². The summed E-state index contributed by atoms with van der Waals surface area (Å²) in [6.45, 7) is 0. The number of halogens is 3. The first-order chi connectivity index (χ1) is 11.0. The van der Waals surface area contributed by atoms with Gasteiger partial charge in [-0.2, -0.15) is 0 Å². The largest absolute Gasteiger partial charge is 0.494 e. The molecule has 2 aliphatic carbocycles. The van der Waals surface area contributed by atoms with E-state index in [1.165, 1.54) is 7.11 Å². The van der Waals surface area contributed by atoms with E-state index >= 15 is 0 Å². The Labute approximate surface area is 146 Å². The third kappa shape index (κ3) is 3.64. The summed E-state index contributed by atoms with van der Waals surface area (Å²) in [5, 5.41) is 2.53. The number of carbonyl (C=O) groups is 1. The lowest BCUT2D eigenvalue weighted by molar-refractivity contribution is -0.122. The van der Waals surface area contributed by atoms with Crippen molar-refractivity contribution in [1.82, 2.24) is 0 Å². The molecule has 1 amide bonds. The molecule has 0 aromatic heterocycles. The van der Waals surface area contributed by atoms with Crippen LogP contribution in [0.3, 0.4) is 0 Å². The fraction of sp³-hybridized carbons (Fsp3) is 0.588. The zero-order valence-corrected chi connectivity index (χ0v) is 14.4. The van der Waals surface area contributed by atoms with E-state index < -0.39 is 11.6 Å². The Morgan fingerprint density at radius 2 is 1.83 bits per heavy atom. The topological polar surface area (TPSA) is 64.3 Å². The van der Waals surface area contributed by atoms with Crippen molar-refractivity contribution >= 4 is 24.0 Å². The van der Waals surface area contributed by atoms with Crippen LogP contribution in [0.25, 0.3) is 0 Å². The first-order valence-electron chi connectivity index (χ1n) is 8.09. The Morgan fingerprint density at radius 3 is 2.42 bits per heavy atom. The Morgan fingerprint density at radius 1 is 1.21 bits per heavy atom. The van der Waals surface area contributed by atoms with Gasteiger partial charge in [0.2, 0.25) is 5.91 Å². The Balaban J connectivity index is 0.00000208. The van der Waals surface area contributed by atoms with Crippen LogP contribution in [0.1, 0.15) is 32.1 Å². The highest BCUT2D eigenvalue weighted by Crippen LogP contribution is 2.42. The smallest absolute Gasteiger partial charge is 0.227 e. The second-order valence-electron chi connectivity index (χ2n) is 6.65. The lowest BCUT2D eigenvalue weighted by atomic mass is 9.65. The summed E-state index contributed by atoms with van der Waals surface area (Å²) in [7, 11) is 1.26. The van der Waals surface area contributed by atoms with Crippen LogP contribution in [-0.2, 0) is 4.79 Å². The van der Waals surface area contributed by atoms with Crippen LogP contribution in [-0.4, -0.2) is 19.1 Å². The zero-order valence-electron chi connectivity index (χ0n) is 13.6. The van der Waals surface area contributed by atoms with E-state index in [0.717, 1.165) is 44.2 Å². The maximum Gasteiger partial charge on any atom is 0.227 e. The van der Waals surface area contributed by atoms with E-state index in [0.29, 0.717) is 11.8 Å². The molecule has 1 aromatic rings. The second kappa shape index (κ2) is 7.66. The standard InChI is InChI=1S/C17H22F2N2O2.ClH/c1-23-15-8-12(18)14(7-13(15)19)21-17(22)11-5-9-3-2-4-10(6-11)16(9)20;/h7-11,16H,2-6,20H2,1H3,(H,21,22);1H. The molecule has 0 saturated heterocycles. The van der Waals surface area contributed by atoms with E-state index in [9.17, 15) is 13.6 Å². The Kier molecular flexibility index (Phi) is 6.04. The van der Waals surface area contributed by atoms with Gasteiger partial charge in [-0.1, -0.05) is 6.42 Å². The summed E-state index contributed by atoms with van der Waals surface area (Å²) < 4.78 is 32.4. The van der Waals surface area contributed by atoms with Gasteiger partial charge < -0.3 is 15.8 Å². The maximum absolute atomic E-state index is 14.0. The first kappa shape index (κ1) is 18.9. The van der Waals surface area contributed by atoms with Crippen molar-refractivity contribution in [3.8, 4) is 5.75 Å². The minimum atomic E-state index is -0.704. The number of hydrogen-bond acceptors (Lipinski definition) is 3. The summed E-state index contributed by atoms with van der Waals surface area (Å²) in [5.41, 5.74) is 6.07. The highest BCUT2D eigenvalue weighted by atomic mass is 35.5. The van der Waals surface area contributed by atoms with Gasteiger partial charge in [-0.05, 0) is 37.5 Å². The molecule has 0 aliphatic heterocycles. The molecule has 2 fully saturated rings. The van der Waals surface area contributed by atoms with Gasteiger partial charge >= 0.3 is 0 Å². The molecule has 134 valence electrons. The fourth-order valence-corrected chi connectivity index (χ4v) is 4.02. The van der Waals surface area contributed by atoms with Crippen molar-refractivity contribution < 1.29 is 18.3 Å². The van der Waals surface area contributed by atoms with Crippen LogP contribution in [0.15, 0.2) is 12.1 Å². The summed E-state index contributed by atoms with van der Waals surface area (Å²) >= 11 is 0. The lowest BCUT2D eigenvalue weighted by Gasteiger charge is -2.43. The minimum Gasteiger partial charge on any atom is -0.494 e. The zero-order chi connectivity index (χ0) is 16.6. The van der Waals surface area contributed by atoms with Gasteiger partial charge in [-0.25, -0.2) is 8.78 Å². The van der Waals surface area contributed by atoms with Crippen molar-refractivity contribution in [1.29, 1.82) is 0 Å². The predicted octanol–water partition coefficient (Wildman–Crippen LogP) is 3.49. The van der Waals surface area contributed by atoms with Crippen molar-refractivity contribution in [3.63, 3.8) is 0 Å². The molecule has 2 aliphatic rings. The molecule has 2 unspecified atom stereocenters. The van der Waals surface area contributed by atoms with E-state index in [4.69, 9.17) is 10.5 Å².